The van der Waals surface area contributed by atoms with Gasteiger partial charge in [0.1, 0.15) is 25.0 Å². The van der Waals surface area contributed by atoms with Crippen LogP contribution in [0.1, 0.15) is 37.3 Å². The number of rotatable bonds is 2. The van der Waals surface area contributed by atoms with E-state index in [0.29, 0.717) is 11.7 Å². The Morgan fingerprint density at radius 2 is 2.04 bits per heavy atom. The zero-order valence-electron chi connectivity index (χ0n) is 15.3. The van der Waals surface area contributed by atoms with Gasteiger partial charge in [-0.25, -0.2) is 4.98 Å². The molecule has 0 saturated heterocycles. The lowest BCUT2D eigenvalue weighted by Crippen LogP contribution is -2.16. The van der Waals surface area contributed by atoms with Gasteiger partial charge in [-0.05, 0) is 53.1 Å². The number of hydrogen-bond donors (Lipinski definition) is 1. The van der Waals surface area contributed by atoms with Gasteiger partial charge in [-0.15, -0.1) is 0 Å². The van der Waals surface area contributed by atoms with Crippen LogP contribution in [0.15, 0.2) is 33.5 Å². The maximum absolute atomic E-state index is 6.43. The molecule has 0 spiro atoms. The summed E-state index contributed by atoms with van der Waals surface area (Å²) in [6.45, 7) is 0. The molecule has 0 radical (unpaired) electrons. The van der Waals surface area contributed by atoms with Crippen molar-refractivity contribution >= 4 is 74.3 Å². The Labute approximate surface area is 185 Å². The fraction of sp³-hybridized carbons (Fsp3) is 0.316. The van der Waals surface area contributed by atoms with E-state index < -0.39 is 0 Å². The van der Waals surface area contributed by atoms with Gasteiger partial charge in [0, 0.05) is 27.6 Å². The van der Waals surface area contributed by atoms with E-state index in [9.17, 15) is 0 Å². The standard InChI is InChI=1S/C19H18BBrIN5O/c20-14-11-7-24-6-5-13(11)28-17(14)12-8-25-27-18(23)15(21)16(26-19(12)27)9-1-3-10(22)4-2-9/h5-10H,1-4,20,23H2/t9-,10-. The average molecular weight is 550 g/mol. The zero-order valence-corrected chi connectivity index (χ0v) is 19.1. The van der Waals surface area contributed by atoms with Gasteiger partial charge >= 0.3 is 0 Å². The van der Waals surface area contributed by atoms with Gasteiger partial charge in [0.15, 0.2) is 5.65 Å². The predicted octanol–water partition coefficient (Wildman–Crippen LogP) is 3.60. The fourth-order valence-electron chi connectivity index (χ4n) is 4.09. The van der Waals surface area contributed by atoms with E-state index in [1.807, 2.05) is 20.1 Å². The summed E-state index contributed by atoms with van der Waals surface area (Å²) in [5, 5.41) is 5.49. The molecule has 0 bridgehead atoms. The third-order valence-corrected chi connectivity index (χ3v) is 7.73. The lowest BCUT2D eigenvalue weighted by molar-refractivity contribution is 0.453. The quantitative estimate of drug-likeness (QED) is 0.235. The van der Waals surface area contributed by atoms with Crippen molar-refractivity contribution < 1.29 is 4.42 Å². The van der Waals surface area contributed by atoms with Gasteiger partial charge in [0.2, 0.25) is 0 Å². The molecule has 1 saturated carbocycles. The number of hydrogen-bond acceptors (Lipinski definition) is 5. The van der Waals surface area contributed by atoms with Crippen LogP contribution in [0.4, 0.5) is 5.82 Å². The third kappa shape index (κ3) is 2.85. The van der Waals surface area contributed by atoms with Crippen molar-refractivity contribution in [2.75, 3.05) is 5.73 Å². The summed E-state index contributed by atoms with van der Waals surface area (Å²) in [4.78, 5) is 9.24. The van der Waals surface area contributed by atoms with Crippen LogP contribution in [-0.4, -0.2) is 31.4 Å². The minimum atomic E-state index is 0.413. The Balaban J connectivity index is 1.69. The zero-order chi connectivity index (χ0) is 19.4. The van der Waals surface area contributed by atoms with Crippen molar-refractivity contribution in [1.29, 1.82) is 0 Å². The molecule has 1 aliphatic carbocycles. The molecule has 6 nitrogen and oxygen atoms in total. The summed E-state index contributed by atoms with van der Waals surface area (Å²) >= 11 is 6.23. The highest BCUT2D eigenvalue weighted by Crippen LogP contribution is 2.40. The molecule has 4 aromatic heterocycles. The van der Waals surface area contributed by atoms with Gasteiger partial charge in [0.25, 0.3) is 0 Å². The number of anilines is 1. The summed E-state index contributed by atoms with van der Waals surface area (Å²) in [7, 11) is 2.04. The Hall–Kier alpha value is -1.62. The minimum absolute atomic E-state index is 0.413. The first-order valence-corrected chi connectivity index (χ1v) is 11.4. The highest BCUT2D eigenvalue weighted by Gasteiger charge is 2.27. The molecule has 4 aromatic rings. The Morgan fingerprint density at radius 3 is 2.79 bits per heavy atom. The predicted molar refractivity (Wildman–Crippen MR) is 125 cm³/mol. The topological polar surface area (TPSA) is 82.2 Å². The molecular formula is C19H18BBrIN5O. The maximum Gasteiger partial charge on any atom is 0.168 e. The van der Waals surface area contributed by atoms with E-state index in [2.05, 4.69) is 48.6 Å². The lowest BCUT2D eigenvalue weighted by Gasteiger charge is -2.26. The van der Waals surface area contributed by atoms with Crippen LogP contribution >= 0.6 is 38.5 Å². The van der Waals surface area contributed by atoms with Crippen LogP contribution in [0.3, 0.4) is 0 Å². The van der Waals surface area contributed by atoms with Crippen LogP contribution in [0.5, 0.6) is 0 Å². The minimum Gasteiger partial charge on any atom is -0.456 e. The van der Waals surface area contributed by atoms with Gasteiger partial charge in [-0.3, -0.25) is 4.98 Å². The van der Waals surface area contributed by atoms with Crippen molar-refractivity contribution in [3.05, 3.63) is 34.8 Å². The molecule has 0 atom stereocenters. The number of fused-ring (bicyclic) bond motifs is 2. The SMILES string of the molecule is Bc1c(-c2cnn3c(N)c(Br)c([C@H]4CC[C@H](I)CC4)nc23)oc2ccncc12. The molecule has 28 heavy (non-hydrogen) atoms. The average Bonchev–Trinajstić information content (AvgIpc) is 3.27. The number of pyridine rings is 1. The first kappa shape index (κ1) is 18.4. The van der Waals surface area contributed by atoms with E-state index in [1.165, 1.54) is 12.8 Å². The molecule has 142 valence electrons. The second-order valence-electron chi connectivity index (χ2n) is 7.37. The monoisotopic (exact) mass is 549 g/mol. The van der Waals surface area contributed by atoms with E-state index in [-0.39, 0.29) is 0 Å². The lowest BCUT2D eigenvalue weighted by atomic mass is 9.86. The summed E-state index contributed by atoms with van der Waals surface area (Å²) in [6, 6.07) is 1.88. The molecule has 1 fully saturated rings. The number of furan rings is 1. The number of nitrogens with zero attached hydrogens (tertiary/aromatic N) is 4. The molecule has 0 aromatic carbocycles. The van der Waals surface area contributed by atoms with Crippen LogP contribution in [0, 0.1) is 0 Å². The number of alkyl halides is 1. The van der Waals surface area contributed by atoms with Crippen molar-refractivity contribution in [3.63, 3.8) is 0 Å². The van der Waals surface area contributed by atoms with E-state index in [0.717, 1.165) is 60.3 Å². The molecule has 0 aliphatic heterocycles. The van der Waals surface area contributed by atoms with Crippen LogP contribution < -0.4 is 11.2 Å². The van der Waals surface area contributed by atoms with Crippen LogP contribution in [0.2, 0.25) is 0 Å². The molecule has 4 heterocycles. The summed E-state index contributed by atoms with van der Waals surface area (Å²) in [5.41, 5.74) is 10.9. The second-order valence-corrected chi connectivity index (χ2v) is 9.92. The highest BCUT2D eigenvalue weighted by molar-refractivity contribution is 14.1. The molecule has 9 heteroatoms. The molecule has 1 aliphatic rings. The van der Waals surface area contributed by atoms with Crippen molar-refractivity contribution in [3.8, 4) is 11.3 Å². The normalized spacial score (nSPS) is 20.2. The fourth-order valence-corrected chi connectivity index (χ4v) is 5.39. The molecule has 0 unspecified atom stereocenters. The van der Waals surface area contributed by atoms with Crippen molar-refractivity contribution in [2.24, 2.45) is 0 Å². The molecule has 5 rings (SSSR count). The summed E-state index contributed by atoms with van der Waals surface area (Å²) < 4.78 is 9.44. The molecule has 2 N–H and O–H groups in total. The second kappa shape index (κ2) is 7.02. The Kier molecular flexibility index (Phi) is 4.61. The summed E-state index contributed by atoms with van der Waals surface area (Å²) in [6.07, 6.45) is 10.0. The number of nitrogens with two attached hydrogens (primary N) is 1. The van der Waals surface area contributed by atoms with Gasteiger partial charge < -0.3 is 10.2 Å². The van der Waals surface area contributed by atoms with Crippen LogP contribution in [-0.2, 0) is 0 Å². The number of halogens is 2. The largest absolute Gasteiger partial charge is 0.456 e. The Bertz CT molecular complexity index is 1200. The van der Waals surface area contributed by atoms with E-state index in [4.69, 9.17) is 15.1 Å². The number of aromatic nitrogens is 4. The number of nitrogen functional groups attached to an aromatic ring is 1. The third-order valence-electron chi connectivity index (χ3n) is 5.67. The Morgan fingerprint density at radius 1 is 1.25 bits per heavy atom. The van der Waals surface area contributed by atoms with Gasteiger partial charge in [-0.2, -0.15) is 9.61 Å². The first-order chi connectivity index (χ1) is 13.5. The maximum atomic E-state index is 6.43. The smallest absolute Gasteiger partial charge is 0.168 e. The van der Waals surface area contributed by atoms with Crippen molar-refractivity contribution in [1.82, 2.24) is 19.6 Å². The van der Waals surface area contributed by atoms with E-state index >= 15 is 0 Å². The van der Waals surface area contributed by atoms with Crippen molar-refractivity contribution in [2.45, 2.75) is 35.5 Å². The summed E-state index contributed by atoms with van der Waals surface area (Å²) in [5.74, 6) is 1.77. The molecular weight excluding hydrogens is 532 g/mol. The van der Waals surface area contributed by atoms with Gasteiger partial charge in [0.05, 0.1) is 21.9 Å². The van der Waals surface area contributed by atoms with Crippen LogP contribution in [0.25, 0.3) is 27.9 Å². The van der Waals surface area contributed by atoms with Gasteiger partial charge in [-0.1, -0.05) is 22.6 Å². The highest BCUT2D eigenvalue weighted by atomic mass is 127. The first-order valence-electron chi connectivity index (χ1n) is 9.34. The van der Waals surface area contributed by atoms with E-state index in [1.54, 1.807) is 16.9 Å². The molecule has 0 amide bonds.